The average molecular weight is 358 g/mol. The largest absolute Gasteiger partial charge is 0.493 e. The van der Waals surface area contributed by atoms with E-state index in [1.165, 1.54) is 6.26 Å². The first-order chi connectivity index (χ1) is 12.6. The van der Waals surface area contributed by atoms with Gasteiger partial charge in [-0.05, 0) is 36.8 Å². The predicted molar refractivity (Wildman–Crippen MR) is 97.2 cm³/mol. The molecule has 0 fully saturated rings. The molecule has 7 nitrogen and oxygen atoms in total. The van der Waals surface area contributed by atoms with Crippen LogP contribution in [0.4, 0.5) is 0 Å². The van der Waals surface area contributed by atoms with E-state index in [0.29, 0.717) is 11.5 Å². The summed E-state index contributed by atoms with van der Waals surface area (Å²) in [5.74, 6) is 0.651. The molecular formula is C19H22N2O5. The van der Waals surface area contributed by atoms with Gasteiger partial charge in [0.05, 0.1) is 13.4 Å². The Morgan fingerprint density at radius 2 is 1.96 bits per heavy atom. The van der Waals surface area contributed by atoms with E-state index in [4.69, 9.17) is 13.9 Å². The fourth-order valence-electron chi connectivity index (χ4n) is 2.17. The first-order valence-electron chi connectivity index (χ1n) is 8.16. The topological polar surface area (TPSA) is 89.8 Å². The highest BCUT2D eigenvalue weighted by Gasteiger charge is 2.09. The summed E-state index contributed by atoms with van der Waals surface area (Å²) >= 11 is 0. The summed E-state index contributed by atoms with van der Waals surface area (Å²) in [6, 6.07) is 8.66. The van der Waals surface area contributed by atoms with Gasteiger partial charge < -0.3 is 24.5 Å². The summed E-state index contributed by atoms with van der Waals surface area (Å²) in [5, 5.41) is 5.30. The molecule has 0 atom stereocenters. The summed E-state index contributed by atoms with van der Waals surface area (Å²) in [5.41, 5.74) is 0.980. The maximum atomic E-state index is 11.8. The molecule has 0 aliphatic carbocycles. The number of ether oxygens (including phenoxy) is 2. The van der Waals surface area contributed by atoms with Gasteiger partial charge >= 0.3 is 0 Å². The van der Waals surface area contributed by atoms with E-state index in [2.05, 4.69) is 10.6 Å². The van der Waals surface area contributed by atoms with Crippen LogP contribution in [0.15, 0.2) is 47.1 Å². The van der Waals surface area contributed by atoms with E-state index in [0.717, 1.165) is 5.56 Å². The SMILES string of the molecule is C/C=C/c1ccc(OCC(=O)NCCNC(=O)c2ccco2)c(OC)c1. The van der Waals surface area contributed by atoms with E-state index in [1.54, 1.807) is 25.3 Å². The minimum absolute atomic E-state index is 0.147. The Kier molecular flexibility index (Phi) is 7.30. The van der Waals surface area contributed by atoms with Gasteiger partial charge in [0.25, 0.3) is 11.8 Å². The third-order valence-corrected chi connectivity index (χ3v) is 3.38. The number of carbonyl (C=O) groups excluding carboxylic acids is 2. The van der Waals surface area contributed by atoms with E-state index >= 15 is 0 Å². The number of rotatable bonds is 9. The van der Waals surface area contributed by atoms with Gasteiger partial charge in [0.2, 0.25) is 0 Å². The van der Waals surface area contributed by atoms with Gasteiger partial charge in [-0.25, -0.2) is 0 Å². The third-order valence-electron chi connectivity index (χ3n) is 3.38. The smallest absolute Gasteiger partial charge is 0.287 e. The van der Waals surface area contributed by atoms with Crippen molar-refractivity contribution in [3.63, 3.8) is 0 Å². The van der Waals surface area contributed by atoms with Crippen molar-refractivity contribution in [2.45, 2.75) is 6.92 Å². The highest BCUT2D eigenvalue weighted by Crippen LogP contribution is 2.28. The van der Waals surface area contributed by atoms with Crippen LogP contribution in [0.1, 0.15) is 23.0 Å². The van der Waals surface area contributed by atoms with Crippen LogP contribution in [-0.2, 0) is 4.79 Å². The minimum atomic E-state index is -0.327. The van der Waals surface area contributed by atoms with Gasteiger partial charge in [-0.1, -0.05) is 18.2 Å². The number of benzene rings is 1. The molecule has 0 spiro atoms. The molecule has 0 saturated heterocycles. The van der Waals surface area contributed by atoms with E-state index in [-0.39, 0.29) is 37.3 Å². The zero-order valence-corrected chi connectivity index (χ0v) is 14.8. The molecule has 2 amide bonds. The Morgan fingerprint density at radius 3 is 2.65 bits per heavy atom. The van der Waals surface area contributed by atoms with Crippen LogP contribution in [-0.4, -0.2) is 38.6 Å². The number of furan rings is 1. The first kappa shape index (κ1) is 19.1. The number of hydrogen-bond acceptors (Lipinski definition) is 5. The van der Waals surface area contributed by atoms with Crippen molar-refractivity contribution in [1.29, 1.82) is 0 Å². The molecule has 26 heavy (non-hydrogen) atoms. The number of amides is 2. The van der Waals surface area contributed by atoms with Crippen molar-refractivity contribution in [1.82, 2.24) is 10.6 Å². The monoisotopic (exact) mass is 358 g/mol. The van der Waals surface area contributed by atoms with E-state index in [1.807, 2.05) is 31.2 Å². The summed E-state index contributed by atoms with van der Waals surface area (Å²) < 4.78 is 15.7. The fourth-order valence-corrected chi connectivity index (χ4v) is 2.17. The Hall–Kier alpha value is -3.22. The molecule has 2 N–H and O–H groups in total. The van der Waals surface area contributed by atoms with Gasteiger partial charge in [-0.2, -0.15) is 0 Å². The van der Waals surface area contributed by atoms with Gasteiger partial charge in [-0.3, -0.25) is 9.59 Å². The van der Waals surface area contributed by atoms with Crippen LogP contribution in [0, 0.1) is 0 Å². The molecule has 1 heterocycles. The van der Waals surface area contributed by atoms with Gasteiger partial charge in [0, 0.05) is 13.1 Å². The molecule has 2 aromatic rings. The lowest BCUT2D eigenvalue weighted by Crippen LogP contribution is -2.36. The second-order valence-electron chi connectivity index (χ2n) is 5.28. The lowest BCUT2D eigenvalue weighted by Gasteiger charge is -2.11. The predicted octanol–water partition coefficient (Wildman–Crippen LogP) is 2.25. The van der Waals surface area contributed by atoms with E-state index in [9.17, 15) is 9.59 Å². The number of nitrogens with one attached hydrogen (secondary N) is 2. The first-order valence-corrected chi connectivity index (χ1v) is 8.16. The molecule has 0 unspecified atom stereocenters. The molecule has 0 bridgehead atoms. The van der Waals surface area contributed by atoms with Crippen LogP contribution >= 0.6 is 0 Å². The molecular weight excluding hydrogens is 336 g/mol. The highest BCUT2D eigenvalue weighted by atomic mass is 16.5. The Labute approximate surface area is 152 Å². The molecule has 0 aliphatic rings. The van der Waals surface area contributed by atoms with Crippen LogP contribution < -0.4 is 20.1 Å². The normalized spacial score (nSPS) is 10.5. The second kappa shape index (κ2) is 9.93. The summed E-state index contributed by atoms with van der Waals surface area (Å²) in [7, 11) is 1.55. The third kappa shape index (κ3) is 5.70. The van der Waals surface area contributed by atoms with Gasteiger partial charge in [0.1, 0.15) is 0 Å². The Balaban J connectivity index is 1.72. The molecule has 0 radical (unpaired) electrons. The van der Waals surface area contributed by atoms with Crippen molar-refractivity contribution in [3.8, 4) is 11.5 Å². The maximum Gasteiger partial charge on any atom is 0.287 e. The average Bonchev–Trinajstić information content (AvgIpc) is 3.19. The lowest BCUT2D eigenvalue weighted by atomic mass is 10.2. The van der Waals surface area contributed by atoms with Crippen molar-refractivity contribution in [3.05, 3.63) is 54.0 Å². The zero-order chi connectivity index (χ0) is 18.8. The Bertz CT molecular complexity index is 753. The van der Waals surface area contributed by atoms with Crippen LogP contribution in [0.5, 0.6) is 11.5 Å². The molecule has 1 aromatic heterocycles. The highest BCUT2D eigenvalue weighted by molar-refractivity contribution is 5.91. The van der Waals surface area contributed by atoms with Crippen molar-refractivity contribution < 1.29 is 23.5 Å². The minimum Gasteiger partial charge on any atom is -0.493 e. The number of methoxy groups -OCH3 is 1. The summed E-state index contributed by atoms with van der Waals surface area (Å²) in [6.07, 6.45) is 5.29. The molecule has 0 saturated carbocycles. The molecule has 1 aromatic carbocycles. The van der Waals surface area contributed by atoms with E-state index < -0.39 is 0 Å². The molecule has 138 valence electrons. The molecule has 7 heteroatoms. The van der Waals surface area contributed by atoms with Gasteiger partial charge in [0.15, 0.2) is 23.9 Å². The maximum absolute atomic E-state index is 11.8. The number of carbonyl (C=O) groups is 2. The zero-order valence-electron chi connectivity index (χ0n) is 14.8. The van der Waals surface area contributed by atoms with Crippen molar-refractivity contribution in [2.75, 3.05) is 26.8 Å². The van der Waals surface area contributed by atoms with Crippen LogP contribution in [0.3, 0.4) is 0 Å². The Morgan fingerprint density at radius 1 is 1.15 bits per heavy atom. The number of allylic oxidation sites excluding steroid dienone is 1. The molecule has 2 rings (SSSR count). The quantitative estimate of drug-likeness (QED) is 0.671. The lowest BCUT2D eigenvalue weighted by molar-refractivity contribution is -0.123. The van der Waals surface area contributed by atoms with Crippen molar-refractivity contribution >= 4 is 17.9 Å². The van der Waals surface area contributed by atoms with Gasteiger partial charge in [-0.15, -0.1) is 0 Å². The summed E-state index contributed by atoms with van der Waals surface area (Å²) in [6.45, 7) is 2.35. The summed E-state index contributed by atoms with van der Waals surface area (Å²) in [4.78, 5) is 23.5. The van der Waals surface area contributed by atoms with Crippen molar-refractivity contribution in [2.24, 2.45) is 0 Å². The number of hydrogen-bond donors (Lipinski definition) is 2. The van der Waals surface area contributed by atoms with Crippen LogP contribution in [0.2, 0.25) is 0 Å². The standard InChI is InChI=1S/C19H22N2O5/c1-3-5-14-7-8-15(17(12-14)24-2)26-13-18(22)20-9-10-21-19(23)16-6-4-11-25-16/h3-8,11-12H,9-10,13H2,1-2H3,(H,20,22)(H,21,23)/b5-3+. The molecule has 0 aliphatic heterocycles. The van der Waals surface area contributed by atoms with Crippen LogP contribution in [0.25, 0.3) is 6.08 Å². The fraction of sp³-hybridized carbons (Fsp3) is 0.263. The second-order valence-corrected chi connectivity index (χ2v) is 5.28.